The van der Waals surface area contributed by atoms with Crippen LogP contribution in [0.5, 0.6) is 0 Å². The highest BCUT2D eigenvalue weighted by molar-refractivity contribution is 7.07. The summed E-state index contributed by atoms with van der Waals surface area (Å²) < 4.78 is 29.3. The van der Waals surface area contributed by atoms with Crippen molar-refractivity contribution >= 4 is 17.2 Å². The van der Waals surface area contributed by atoms with E-state index in [0.717, 1.165) is 5.69 Å². The van der Waals surface area contributed by atoms with Crippen LogP contribution >= 0.6 is 11.3 Å². The van der Waals surface area contributed by atoms with Crippen LogP contribution in [0.2, 0.25) is 0 Å². The number of aryl methyl sites for hydroxylation is 1. The molecule has 116 valence electrons. The van der Waals surface area contributed by atoms with Crippen molar-refractivity contribution in [3.63, 3.8) is 0 Å². The van der Waals surface area contributed by atoms with Gasteiger partial charge in [-0.05, 0) is 31.2 Å². The van der Waals surface area contributed by atoms with E-state index in [2.05, 4.69) is 4.99 Å². The number of nitrogens with zero attached hydrogens (tertiary/aromatic N) is 2. The molecule has 6 heteroatoms. The molecule has 0 unspecified atom stereocenters. The Labute approximate surface area is 135 Å². The van der Waals surface area contributed by atoms with Crippen LogP contribution in [0.1, 0.15) is 16.1 Å². The van der Waals surface area contributed by atoms with Gasteiger partial charge in [-0.15, -0.1) is 11.3 Å². The molecule has 23 heavy (non-hydrogen) atoms. The van der Waals surface area contributed by atoms with Crippen LogP contribution in [0, 0.1) is 18.6 Å². The van der Waals surface area contributed by atoms with E-state index in [1.807, 2.05) is 0 Å². The fourth-order valence-electron chi connectivity index (χ4n) is 2.18. The molecule has 0 fully saturated rings. The SMILES string of the molecule is Cc1csc(=NC(=O)c2ccccc2F)n1-c1ccccc1F. The average Bonchev–Trinajstić information content (AvgIpc) is 2.89. The van der Waals surface area contributed by atoms with E-state index < -0.39 is 17.5 Å². The largest absolute Gasteiger partial charge is 0.287 e. The van der Waals surface area contributed by atoms with Crippen LogP contribution in [0.25, 0.3) is 5.69 Å². The lowest BCUT2D eigenvalue weighted by Gasteiger charge is -2.06. The van der Waals surface area contributed by atoms with Gasteiger partial charge in [-0.1, -0.05) is 24.3 Å². The van der Waals surface area contributed by atoms with E-state index in [1.165, 1.54) is 35.6 Å². The lowest BCUT2D eigenvalue weighted by molar-refractivity contribution is 0.0994. The quantitative estimate of drug-likeness (QED) is 0.702. The van der Waals surface area contributed by atoms with Crippen LogP contribution in [0.15, 0.2) is 58.9 Å². The maximum Gasteiger partial charge on any atom is 0.282 e. The summed E-state index contributed by atoms with van der Waals surface area (Å²) in [5.41, 5.74) is 0.921. The van der Waals surface area contributed by atoms with Crippen molar-refractivity contribution in [1.29, 1.82) is 0 Å². The lowest BCUT2D eigenvalue weighted by atomic mass is 10.2. The molecular formula is C17H12F2N2OS. The second-order valence-corrected chi connectivity index (χ2v) is 5.68. The highest BCUT2D eigenvalue weighted by atomic mass is 32.1. The molecule has 0 saturated carbocycles. The number of amides is 1. The second-order valence-electron chi connectivity index (χ2n) is 4.84. The van der Waals surface area contributed by atoms with E-state index in [0.29, 0.717) is 10.5 Å². The van der Waals surface area contributed by atoms with Gasteiger partial charge in [0.25, 0.3) is 5.91 Å². The van der Waals surface area contributed by atoms with Gasteiger partial charge in [-0.3, -0.25) is 9.36 Å². The molecular weight excluding hydrogens is 318 g/mol. The summed E-state index contributed by atoms with van der Waals surface area (Å²) >= 11 is 1.19. The standard InChI is InChI=1S/C17H12F2N2OS/c1-11-10-23-17(21(11)15-9-5-4-8-14(15)19)20-16(22)12-6-2-3-7-13(12)18/h2-10H,1H3. The van der Waals surface area contributed by atoms with Crippen LogP contribution in [0.4, 0.5) is 8.78 Å². The third-order valence-corrected chi connectivity index (χ3v) is 4.22. The molecule has 3 aromatic rings. The average molecular weight is 330 g/mol. The number of benzene rings is 2. The van der Waals surface area contributed by atoms with Gasteiger partial charge in [0.1, 0.15) is 11.6 Å². The lowest BCUT2D eigenvalue weighted by Crippen LogP contribution is -2.18. The Morgan fingerprint density at radius 1 is 1.04 bits per heavy atom. The minimum Gasteiger partial charge on any atom is -0.287 e. The van der Waals surface area contributed by atoms with E-state index in [-0.39, 0.29) is 5.56 Å². The topological polar surface area (TPSA) is 34.4 Å². The highest BCUT2D eigenvalue weighted by Gasteiger charge is 2.13. The van der Waals surface area contributed by atoms with Crippen molar-refractivity contribution in [2.24, 2.45) is 4.99 Å². The van der Waals surface area contributed by atoms with Crippen LogP contribution < -0.4 is 4.80 Å². The number of hydrogen-bond acceptors (Lipinski definition) is 2. The summed E-state index contributed by atoms with van der Waals surface area (Å²) in [5.74, 6) is -1.75. The molecule has 3 rings (SSSR count). The summed E-state index contributed by atoms with van der Waals surface area (Å²) in [6.45, 7) is 1.79. The monoisotopic (exact) mass is 330 g/mol. The highest BCUT2D eigenvalue weighted by Crippen LogP contribution is 2.15. The predicted molar refractivity (Wildman–Crippen MR) is 84.6 cm³/mol. The molecule has 1 heterocycles. The van der Waals surface area contributed by atoms with Crippen molar-refractivity contribution in [2.45, 2.75) is 6.92 Å². The smallest absolute Gasteiger partial charge is 0.282 e. The third-order valence-electron chi connectivity index (χ3n) is 3.27. The number of halogens is 2. The van der Waals surface area contributed by atoms with E-state index in [9.17, 15) is 13.6 Å². The van der Waals surface area contributed by atoms with Gasteiger partial charge < -0.3 is 0 Å². The summed E-state index contributed by atoms with van der Waals surface area (Å²) in [5, 5.41) is 1.76. The van der Waals surface area contributed by atoms with Crippen molar-refractivity contribution < 1.29 is 13.6 Å². The Balaban J connectivity index is 2.14. The molecule has 0 aliphatic carbocycles. The summed E-state index contributed by atoms with van der Waals surface area (Å²) in [6.07, 6.45) is 0. The van der Waals surface area contributed by atoms with Crippen molar-refractivity contribution in [1.82, 2.24) is 4.57 Å². The molecule has 0 bridgehead atoms. The van der Waals surface area contributed by atoms with Crippen LogP contribution in [-0.4, -0.2) is 10.5 Å². The number of para-hydroxylation sites is 1. The molecule has 0 N–H and O–H groups in total. The van der Waals surface area contributed by atoms with Gasteiger partial charge in [0.15, 0.2) is 4.80 Å². The van der Waals surface area contributed by atoms with Gasteiger partial charge >= 0.3 is 0 Å². The number of carbonyl (C=O) groups is 1. The van der Waals surface area contributed by atoms with E-state index >= 15 is 0 Å². The maximum absolute atomic E-state index is 14.0. The van der Waals surface area contributed by atoms with Gasteiger partial charge in [0.2, 0.25) is 0 Å². The minimum absolute atomic E-state index is 0.112. The zero-order valence-electron chi connectivity index (χ0n) is 12.2. The molecule has 2 aromatic carbocycles. The summed E-state index contributed by atoms with van der Waals surface area (Å²) in [4.78, 5) is 16.5. The van der Waals surface area contributed by atoms with E-state index in [4.69, 9.17) is 0 Å². The van der Waals surface area contributed by atoms with E-state index in [1.54, 1.807) is 41.1 Å². The first kappa shape index (κ1) is 15.3. The molecule has 3 nitrogen and oxygen atoms in total. The van der Waals surface area contributed by atoms with Crippen LogP contribution in [-0.2, 0) is 0 Å². The normalized spacial score (nSPS) is 11.7. The van der Waals surface area contributed by atoms with Gasteiger partial charge in [-0.2, -0.15) is 4.99 Å². The number of thiazole rings is 1. The molecule has 0 atom stereocenters. The predicted octanol–water partition coefficient (Wildman–Crippen LogP) is 3.87. The molecule has 0 aliphatic heterocycles. The van der Waals surface area contributed by atoms with Crippen LogP contribution in [0.3, 0.4) is 0 Å². The first-order chi connectivity index (χ1) is 11.1. The first-order valence-corrected chi connectivity index (χ1v) is 7.71. The maximum atomic E-state index is 14.0. The zero-order chi connectivity index (χ0) is 16.4. The zero-order valence-corrected chi connectivity index (χ0v) is 13.0. The fraction of sp³-hybridized carbons (Fsp3) is 0.0588. The third kappa shape index (κ3) is 2.98. The minimum atomic E-state index is -0.699. The Morgan fingerprint density at radius 3 is 2.39 bits per heavy atom. The second kappa shape index (κ2) is 6.26. The Bertz CT molecular complexity index is 944. The molecule has 1 aromatic heterocycles. The molecule has 1 amide bonds. The van der Waals surface area contributed by atoms with Crippen molar-refractivity contribution in [3.8, 4) is 5.69 Å². The molecule has 0 aliphatic rings. The number of aromatic nitrogens is 1. The number of carbonyl (C=O) groups excluding carboxylic acids is 1. The Kier molecular flexibility index (Phi) is 4.16. The summed E-state index contributed by atoms with van der Waals surface area (Å²) in [7, 11) is 0. The fourth-order valence-corrected chi connectivity index (χ4v) is 3.04. The molecule has 0 radical (unpaired) electrons. The van der Waals surface area contributed by atoms with Gasteiger partial charge in [0, 0.05) is 11.1 Å². The molecule has 0 spiro atoms. The number of rotatable bonds is 2. The Hall–Kier alpha value is -2.60. The number of hydrogen-bond donors (Lipinski definition) is 0. The Morgan fingerprint density at radius 2 is 1.70 bits per heavy atom. The van der Waals surface area contributed by atoms with Crippen molar-refractivity contribution in [3.05, 3.63) is 81.6 Å². The van der Waals surface area contributed by atoms with Crippen molar-refractivity contribution in [2.75, 3.05) is 0 Å². The van der Waals surface area contributed by atoms with Gasteiger partial charge in [-0.25, -0.2) is 8.78 Å². The summed E-state index contributed by atoms with van der Waals surface area (Å²) in [6, 6.07) is 11.9. The molecule has 0 saturated heterocycles. The first-order valence-electron chi connectivity index (χ1n) is 6.83. The van der Waals surface area contributed by atoms with Gasteiger partial charge in [0.05, 0.1) is 11.3 Å².